The van der Waals surface area contributed by atoms with E-state index in [-0.39, 0.29) is 106 Å². The largest absolute Gasteiger partial charge is 0.494 e. The second-order valence-corrected chi connectivity index (χ2v) is 25.0. The second-order valence-electron chi connectivity index (χ2n) is 22.3. The lowest BCUT2D eigenvalue weighted by atomic mass is 10.1. The van der Waals surface area contributed by atoms with Gasteiger partial charge in [0.2, 0.25) is 0 Å². The van der Waals surface area contributed by atoms with Crippen LogP contribution in [0, 0.1) is 22.5 Å². The molecule has 6 amide bonds. The van der Waals surface area contributed by atoms with E-state index in [0.29, 0.717) is 31.8 Å². The van der Waals surface area contributed by atoms with Crippen molar-refractivity contribution in [2.75, 3.05) is 101 Å². The zero-order chi connectivity index (χ0) is 74.3. The summed E-state index contributed by atoms with van der Waals surface area (Å²) in [5.41, 5.74) is 1.74. The number of anilines is 6. The van der Waals surface area contributed by atoms with Crippen LogP contribution in [0.2, 0.25) is 30.1 Å². The number of pyridine rings is 3. The molecule has 2 fully saturated rings. The normalized spacial score (nSPS) is 11.9. The first-order chi connectivity index (χ1) is 49.2. The first-order valence-corrected chi connectivity index (χ1v) is 32.9. The summed E-state index contributed by atoms with van der Waals surface area (Å²) in [6.07, 6.45) is 5.13. The number of likely N-dealkylation sites (tertiary alicyclic amines) is 1. The Kier molecular flexibility index (Phi) is 25.6. The highest BCUT2D eigenvalue weighted by atomic mass is 35.5. The molecule has 32 heteroatoms. The van der Waals surface area contributed by atoms with E-state index >= 15 is 0 Å². The number of aliphatic imine (C=N–C) groups is 1. The van der Waals surface area contributed by atoms with Gasteiger partial charge in [-0.25, -0.2) is 23.7 Å². The van der Waals surface area contributed by atoms with E-state index in [4.69, 9.17) is 94.6 Å². The Morgan fingerprint density at radius 1 is 0.417 bits per heavy atom. The third kappa shape index (κ3) is 19.6. The molecule has 0 unspecified atom stereocenters. The van der Waals surface area contributed by atoms with Gasteiger partial charge in [0.1, 0.15) is 63.8 Å². The van der Waals surface area contributed by atoms with Crippen LogP contribution >= 0.6 is 69.6 Å². The van der Waals surface area contributed by atoms with Gasteiger partial charge in [-0.05, 0) is 97.4 Å². The molecule has 9 aromatic rings. The molecule has 11 rings (SSSR count). The number of aromatic nitrogens is 3. The fraction of sp³-hybridized carbons (Fsp3) is 0.155. The molecule has 2 aliphatic heterocycles. The van der Waals surface area contributed by atoms with E-state index in [1.54, 1.807) is 60.5 Å². The van der Waals surface area contributed by atoms with Gasteiger partial charge in [-0.15, -0.1) is 0 Å². The van der Waals surface area contributed by atoms with Crippen molar-refractivity contribution in [1.82, 2.24) is 29.7 Å². The molecule has 530 valence electrons. The van der Waals surface area contributed by atoms with Crippen molar-refractivity contribution in [3.05, 3.63) is 244 Å². The van der Waals surface area contributed by atoms with Gasteiger partial charge in [-0.2, -0.15) is 0 Å². The third-order valence-electron chi connectivity index (χ3n) is 15.2. The van der Waals surface area contributed by atoms with E-state index in [1.807, 2.05) is 23.9 Å². The summed E-state index contributed by atoms with van der Waals surface area (Å²) >= 11 is 36.0. The number of benzene rings is 6. The van der Waals surface area contributed by atoms with Gasteiger partial charge in [0.25, 0.3) is 35.4 Å². The molecule has 24 nitrogen and oxygen atoms in total. The van der Waals surface area contributed by atoms with Crippen LogP contribution in [0.5, 0.6) is 17.2 Å². The van der Waals surface area contributed by atoms with Gasteiger partial charge in [-0.3, -0.25) is 44.6 Å². The van der Waals surface area contributed by atoms with E-state index in [1.165, 1.54) is 113 Å². The zero-order valence-corrected chi connectivity index (χ0v) is 59.8. The quantitative estimate of drug-likeness (QED) is 0.0225. The summed E-state index contributed by atoms with van der Waals surface area (Å²) < 4.78 is 45.6. The minimum atomic E-state index is -0.804. The maximum atomic E-state index is 14.8. The highest BCUT2D eigenvalue weighted by Crippen LogP contribution is 2.37. The number of amides is 6. The molecule has 0 atom stereocenters. The SMILES string of the molecule is CN=C(c1ccc(C(=O)Nc2c(OC)cc(Cl)cc2C(=O)Nc2ccc(Cl)cn2)cc1)N(C)C.COc1cc(Cl)cc(C(=O)Nc2ccc(Cl)cn2)c1NC(=O)c1ccc(C(=N)N2CC2)cc1F.COc1cc(Cl)cc(C(=O)Nc2ccc(Cl)cn2)c1NC(=O)c1ccc(C(=N)N2CCC2)cc1F. The van der Waals surface area contributed by atoms with Crippen molar-refractivity contribution in [2.24, 2.45) is 4.99 Å². The van der Waals surface area contributed by atoms with Gasteiger partial charge in [0, 0.05) is 121 Å². The number of hydrogen-bond acceptors (Lipinski definition) is 15. The molecule has 0 saturated carbocycles. The van der Waals surface area contributed by atoms with Crippen LogP contribution in [0.25, 0.3) is 0 Å². The molecule has 0 aliphatic carbocycles. The summed E-state index contributed by atoms with van der Waals surface area (Å²) in [6.45, 7) is 2.98. The lowest BCUT2D eigenvalue weighted by Gasteiger charge is -2.33. The molecular formula is C71H61Cl6F2N15O9. The number of nitrogens with zero attached hydrogens (tertiary/aromatic N) is 7. The van der Waals surface area contributed by atoms with Gasteiger partial charge < -0.3 is 60.8 Å². The van der Waals surface area contributed by atoms with E-state index < -0.39 is 47.1 Å². The first kappa shape index (κ1) is 76.2. The Balaban J connectivity index is 0.000000179. The van der Waals surface area contributed by atoms with Gasteiger partial charge in [0.15, 0.2) is 0 Å². The number of nitrogens with one attached hydrogen (secondary N) is 8. The van der Waals surface area contributed by atoms with Crippen molar-refractivity contribution in [3.63, 3.8) is 0 Å². The number of halogens is 8. The van der Waals surface area contributed by atoms with Crippen LogP contribution in [-0.4, -0.2) is 151 Å². The average molecular weight is 1520 g/mol. The number of carbonyl (C=O) groups excluding carboxylic acids is 6. The summed E-state index contributed by atoms with van der Waals surface area (Å²) in [7, 11) is 9.60. The Labute approximate surface area is 618 Å². The smallest absolute Gasteiger partial charge is 0.259 e. The summed E-state index contributed by atoms with van der Waals surface area (Å²) in [5, 5.41) is 33.8. The van der Waals surface area contributed by atoms with Crippen molar-refractivity contribution in [3.8, 4) is 17.2 Å². The second kappa shape index (κ2) is 34.6. The summed E-state index contributed by atoms with van der Waals surface area (Å²) in [6, 6.07) is 32.6. The lowest BCUT2D eigenvalue weighted by Crippen LogP contribution is -2.42. The van der Waals surface area contributed by atoms with Crippen molar-refractivity contribution in [2.45, 2.75) is 6.42 Å². The van der Waals surface area contributed by atoms with Crippen LogP contribution in [0.15, 0.2) is 157 Å². The van der Waals surface area contributed by atoms with Crippen LogP contribution < -0.4 is 46.1 Å². The minimum Gasteiger partial charge on any atom is -0.494 e. The molecule has 5 heterocycles. The fourth-order valence-electron chi connectivity index (χ4n) is 9.83. The van der Waals surface area contributed by atoms with Crippen LogP contribution in [0.4, 0.5) is 43.3 Å². The van der Waals surface area contributed by atoms with E-state index in [9.17, 15) is 37.5 Å². The van der Waals surface area contributed by atoms with E-state index in [2.05, 4.69) is 51.8 Å². The standard InChI is InChI=1S/C24H20Cl2FN5O3.C24H23Cl2N5O3.C23H18Cl2FN5O3/c1-35-19-11-15(26)10-17(24(34)30-20-6-4-14(25)12-29-20)21(19)31-23(33)16-5-3-13(9-18(16)27)22(28)32-7-2-8-32;1-27-22(31(2)3)14-5-7-15(8-6-14)23(32)30-21-18(11-17(26)12-19(21)34-4)24(33)29-20-10-9-16(25)13-28-20;1-34-18-10-14(25)9-16(23(33)29-19-5-3-13(24)11-28-19)20(18)30-22(32)15-4-2-12(8-17(15)26)21(27)31-6-7-31/h3-6,9-12,28H,2,7-8H2,1H3,(H,31,33)(H,29,30,34);5-13H,1-4H3,(H,30,32)(H,28,29,33);2-5,8-11,27H,6-7H2,1H3,(H,30,32)(H,28,29,33). The minimum absolute atomic E-state index is 0.00340. The molecule has 8 N–H and O–H groups in total. The maximum absolute atomic E-state index is 14.8. The van der Waals surface area contributed by atoms with Crippen LogP contribution in [-0.2, 0) is 0 Å². The van der Waals surface area contributed by atoms with Gasteiger partial charge in [0.05, 0.1) is 81.3 Å². The molecule has 0 spiro atoms. The van der Waals surface area contributed by atoms with Crippen molar-refractivity contribution in [1.29, 1.82) is 10.8 Å². The highest BCUT2D eigenvalue weighted by Gasteiger charge is 2.28. The van der Waals surface area contributed by atoms with E-state index in [0.717, 1.165) is 56.1 Å². The highest BCUT2D eigenvalue weighted by molar-refractivity contribution is 6.34. The summed E-state index contributed by atoms with van der Waals surface area (Å²) in [5.74, 6) is -3.06. The lowest BCUT2D eigenvalue weighted by molar-refractivity contribution is 0.100. The Hall–Kier alpha value is -11.0. The molecule has 2 aliphatic rings. The molecular weight excluding hydrogens is 1460 g/mol. The number of ether oxygens (including phenoxy) is 3. The van der Waals surface area contributed by atoms with Crippen molar-refractivity contribution < 1.29 is 51.8 Å². The predicted octanol–water partition coefficient (Wildman–Crippen LogP) is 14.6. The molecule has 0 radical (unpaired) electrons. The Bertz CT molecular complexity index is 4780. The fourth-order valence-corrected chi connectivity index (χ4v) is 10.8. The third-order valence-corrected chi connectivity index (χ3v) is 16.5. The number of carbonyl (C=O) groups is 6. The molecule has 103 heavy (non-hydrogen) atoms. The Morgan fingerprint density at radius 3 is 1.02 bits per heavy atom. The van der Waals surface area contributed by atoms with Gasteiger partial charge in [-0.1, -0.05) is 93.9 Å². The number of methoxy groups -OCH3 is 3. The first-order valence-electron chi connectivity index (χ1n) is 30.6. The predicted molar refractivity (Wildman–Crippen MR) is 396 cm³/mol. The monoisotopic (exact) mass is 1520 g/mol. The zero-order valence-electron chi connectivity index (χ0n) is 55.3. The number of amidine groups is 3. The number of hydrogen-bond donors (Lipinski definition) is 8. The average Bonchev–Trinajstić information content (AvgIpc) is 1.42. The summed E-state index contributed by atoms with van der Waals surface area (Å²) in [4.78, 5) is 99.7. The van der Waals surface area contributed by atoms with Crippen molar-refractivity contribution >= 4 is 157 Å². The topological polar surface area (TPSA) is 311 Å². The van der Waals surface area contributed by atoms with Crippen LogP contribution in [0.1, 0.15) is 85.3 Å². The number of rotatable bonds is 18. The molecule has 6 aromatic carbocycles. The van der Waals surface area contributed by atoms with Crippen LogP contribution in [0.3, 0.4) is 0 Å². The molecule has 2 saturated heterocycles. The van der Waals surface area contributed by atoms with Gasteiger partial charge >= 0.3 is 0 Å². The maximum Gasteiger partial charge on any atom is 0.259 e. The molecule has 0 bridgehead atoms. The molecule has 3 aromatic heterocycles. The Morgan fingerprint density at radius 2 is 0.738 bits per heavy atom.